The Morgan fingerprint density at radius 3 is 2.61 bits per heavy atom. The second kappa shape index (κ2) is 6.28. The van der Waals surface area contributed by atoms with Crippen LogP contribution in [0.2, 0.25) is 0 Å². The third-order valence-corrected chi connectivity index (χ3v) is 4.62. The second-order valence-corrected chi connectivity index (χ2v) is 6.57. The van der Waals surface area contributed by atoms with Gasteiger partial charge in [0.2, 0.25) is 0 Å². The summed E-state index contributed by atoms with van der Waals surface area (Å²) in [4.78, 5) is 11.3. The molecule has 1 aliphatic rings. The molecule has 3 rings (SSSR count). The number of nitrogens with zero attached hydrogens (tertiary/aromatic N) is 4. The molecule has 0 saturated heterocycles. The fraction of sp³-hybridized carbons (Fsp3) is 0.588. The molecule has 2 aromatic rings. The molecule has 2 aromatic heterocycles. The Morgan fingerprint density at radius 2 is 2.04 bits per heavy atom. The van der Waals surface area contributed by atoms with Gasteiger partial charge in [-0.2, -0.15) is 4.98 Å². The average Bonchev–Trinajstić information content (AvgIpc) is 3.18. The van der Waals surface area contributed by atoms with Crippen LogP contribution in [0.3, 0.4) is 0 Å². The first kappa shape index (κ1) is 15.9. The summed E-state index contributed by atoms with van der Waals surface area (Å²) in [6, 6.07) is 4.38. The molecule has 0 aliphatic heterocycles. The van der Waals surface area contributed by atoms with Crippen molar-refractivity contribution in [3.8, 4) is 11.5 Å². The van der Waals surface area contributed by atoms with E-state index in [2.05, 4.69) is 40.8 Å². The fourth-order valence-electron chi connectivity index (χ4n) is 3.25. The molecule has 2 heterocycles. The van der Waals surface area contributed by atoms with Crippen LogP contribution in [0.15, 0.2) is 22.9 Å². The third-order valence-electron chi connectivity index (χ3n) is 4.62. The summed E-state index contributed by atoms with van der Waals surface area (Å²) in [5, 5.41) is 4.10. The van der Waals surface area contributed by atoms with Crippen LogP contribution in [0.4, 0.5) is 5.82 Å². The highest BCUT2D eigenvalue weighted by atomic mass is 16.5. The smallest absolute Gasteiger partial charge is 0.259 e. The van der Waals surface area contributed by atoms with Gasteiger partial charge in [0.15, 0.2) is 5.82 Å². The number of anilines is 1. The molecule has 124 valence electrons. The van der Waals surface area contributed by atoms with Crippen LogP contribution in [0.1, 0.15) is 52.3 Å². The minimum absolute atomic E-state index is 0.410. The lowest BCUT2D eigenvalue weighted by Crippen LogP contribution is -2.34. The molecule has 0 bridgehead atoms. The molecule has 0 amide bonds. The Balaban J connectivity index is 1.81. The minimum Gasteiger partial charge on any atom is -0.354 e. The largest absolute Gasteiger partial charge is 0.354 e. The van der Waals surface area contributed by atoms with Crippen LogP contribution in [0.25, 0.3) is 11.5 Å². The zero-order valence-corrected chi connectivity index (χ0v) is 14.1. The van der Waals surface area contributed by atoms with E-state index in [0.717, 1.165) is 43.6 Å². The Bertz CT molecular complexity index is 643. The first-order valence-electron chi connectivity index (χ1n) is 8.39. The van der Waals surface area contributed by atoms with Crippen LogP contribution >= 0.6 is 0 Å². The van der Waals surface area contributed by atoms with E-state index in [1.807, 2.05) is 12.1 Å². The summed E-state index contributed by atoms with van der Waals surface area (Å²) in [5.41, 5.74) is 6.78. The monoisotopic (exact) mass is 315 g/mol. The van der Waals surface area contributed by atoms with Gasteiger partial charge in [0.1, 0.15) is 5.82 Å². The van der Waals surface area contributed by atoms with Crippen molar-refractivity contribution in [2.75, 3.05) is 11.4 Å². The van der Waals surface area contributed by atoms with Gasteiger partial charge in [-0.05, 0) is 45.7 Å². The standard InChI is InChI=1S/C17H25N5O/c1-4-22(12(2)3)14-8-7-13(11-19-14)15-20-16(21-23-15)17(18)9-5-6-10-17/h7-8,11-12H,4-6,9-10,18H2,1-3H3. The Morgan fingerprint density at radius 1 is 1.30 bits per heavy atom. The van der Waals surface area contributed by atoms with Gasteiger partial charge in [-0.3, -0.25) is 0 Å². The highest BCUT2D eigenvalue weighted by molar-refractivity contribution is 5.55. The van der Waals surface area contributed by atoms with Gasteiger partial charge >= 0.3 is 0 Å². The molecule has 6 heteroatoms. The van der Waals surface area contributed by atoms with Gasteiger partial charge in [-0.1, -0.05) is 18.0 Å². The number of pyridine rings is 1. The lowest BCUT2D eigenvalue weighted by atomic mass is 9.99. The zero-order valence-electron chi connectivity index (χ0n) is 14.1. The number of hydrogen-bond donors (Lipinski definition) is 1. The van der Waals surface area contributed by atoms with Gasteiger partial charge in [0.05, 0.1) is 11.1 Å². The maximum atomic E-state index is 6.38. The number of nitrogens with two attached hydrogens (primary N) is 1. The Kier molecular flexibility index (Phi) is 4.35. The molecule has 1 fully saturated rings. The molecular weight excluding hydrogens is 290 g/mol. The molecule has 6 nitrogen and oxygen atoms in total. The normalized spacial score (nSPS) is 16.9. The quantitative estimate of drug-likeness (QED) is 0.913. The van der Waals surface area contributed by atoms with E-state index in [1.54, 1.807) is 6.20 Å². The van der Waals surface area contributed by atoms with Crippen LogP contribution in [-0.2, 0) is 5.54 Å². The predicted molar refractivity (Wildman–Crippen MR) is 90.0 cm³/mol. The summed E-state index contributed by atoms with van der Waals surface area (Å²) in [7, 11) is 0. The molecule has 0 atom stereocenters. The molecule has 1 saturated carbocycles. The molecule has 0 radical (unpaired) electrons. The van der Waals surface area contributed by atoms with Crippen molar-refractivity contribution in [1.29, 1.82) is 0 Å². The maximum Gasteiger partial charge on any atom is 0.259 e. The lowest BCUT2D eigenvalue weighted by molar-refractivity contribution is 0.372. The SMILES string of the molecule is CCN(c1ccc(-c2nc(C3(N)CCCC3)no2)cn1)C(C)C. The van der Waals surface area contributed by atoms with Crippen LogP contribution in [-0.4, -0.2) is 27.7 Å². The van der Waals surface area contributed by atoms with E-state index in [0.29, 0.717) is 17.8 Å². The topological polar surface area (TPSA) is 81.1 Å². The summed E-state index contributed by atoms with van der Waals surface area (Å²) in [5.74, 6) is 2.06. The van der Waals surface area contributed by atoms with E-state index in [4.69, 9.17) is 10.3 Å². The van der Waals surface area contributed by atoms with Crippen LogP contribution in [0.5, 0.6) is 0 Å². The molecule has 0 aromatic carbocycles. The van der Waals surface area contributed by atoms with Gasteiger partial charge < -0.3 is 15.2 Å². The molecular formula is C17H25N5O. The first-order valence-corrected chi connectivity index (χ1v) is 8.39. The average molecular weight is 315 g/mol. The van der Waals surface area contributed by atoms with Crippen LogP contribution in [0, 0.1) is 0 Å². The molecule has 0 spiro atoms. The van der Waals surface area contributed by atoms with Crippen molar-refractivity contribution in [3.63, 3.8) is 0 Å². The first-order chi connectivity index (χ1) is 11.0. The van der Waals surface area contributed by atoms with E-state index in [9.17, 15) is 0 Å². The van der Waals surface area contributed by atoms with Crippen molar-refractivity contribution in [3.05, 3.63) is 24.2 Å². The minimum atomic E-state index is -0.425. The van der Waals surface area contributed by atoms with Crippen molar-refractivity contribution in [2.45, 2.75) is 58.0 Å². The maximum absolute atomic E-state index is 6.38. The highest BCUT2D eigenvalue weighted by Gasteiger charge is 2.36. The molecule has 23 heavy (non-hydrogen) atoms. The second-order valence-electron chi connectivity index (χ2n) is 6.57. The van der Waals surface area contributed by atoms with Gasteiger partial charge in [-0.15, -0.1) is 0 Å². The van der Waals surface area contributed by atoms with Crippen molar-refractivity contribution in [2.24, 2.45) is 5.73 Å². The third kappa shape index (κ3) is 3.08. The summed E-state index contributed by atoms with van der Waals surface area (Å²) >= 11 is 0. The van der Waals surface area contributed by atoms with Gasteiger partial charge in [0.25, 0.3) is 5.89 Å². The predicted octanol–water partition coefficient (Wildman–Crippen LogP) is 3.09. The van der Waals surface area contributed by atoms with E-state index in [1.165, 1.54) is 0 Å². The van der Waals surface area contributed by atoms with E-state index >= 15 is 0 Å². The van der Waals surface area contributed by atoms with Crippen LogP contribution < -0.4 is 10.6 Å². The van der Waals surface area contributed by atoms with Crippen molar-refractivity contribution < 1.29 is 4.52 Å². The van der Waals surface area contributed by atoms with E-state index < -0.39 is 5.54 Å². The van der Waals surface area contributed by atoms with E-state index in [-0.39, 0.29) is 0 Å². The number of rotatable bonds is 5. The summed E-state index contributed by atoms with van der Waals surface area (Å²) in [6.07, 6.45) is 5.87. The fourth-order valence-corrected chi connectivity index (χ4v) is 3.25. The Hall–Kier alpha value is -1.95. The summed E-state index contributed by atoms with van der Waals surface area (Å²) in [6.45, 7) is 7.36. The highest BCUT2D eigenvalue weighted by Crippen LogP contribution is 2.35. The molecule has 0 unspecified atom stereocenters. The van der Waals surface area contributed by atoms with Gasteiger partial charge in [0, 0.05) is 18.8 Å². The number of hydrogen-bond acceptors (Lipinski definition) is 6. The Labute approximate surface area is 137 Å². The lowest BCUT2D eigenvalue weighted by Gasteiger charge is -2.26. The van der Waals surface area contributed by atoms with Crippen molar-refractivity contribution in [1.82, 2.24) is 15.1 Å². The molecule has 1 aliphatic carbocycles. The van der Waals surface area contributed by atoms with Crippen molar-refractivity contribution >= 4 is 5.82 Å². The zero-order chi connectivity index (χ0) is 16.4. The number of aromatic nitrogens is 3. The summed E-state index contributed by atoms with van der Waals surface area (Å²) < 4.78 is 5.41. The molecule has 2 N–H and O–H groups in total. The van der Waals surface area contributed by atoms with Gasteiger partial charge in [-0.25, -0.2) is 4.98 Å².